The van der Waals surface area contributed by atoms with Crippen LogP contribution in [-0.2, 0) is 27.4 Å². The predicted molar refractivity (Wildman–Crippen MR) is 107 cm³/mol. The Morgan fingerprint density at radius 1 is 0.440 bits per heavy atom. The van der Waals surface area contributed by atoms with Gasteiger partial charge < -0.3 is 0 Å². The molecule has 0 nitrogen and oxygen atoms in total. The van der Waals surface area contributed by atoms with Crippen LogP contribution in [0.2, 0.25) is 6.68 Å². The van der Waals surface area contributed by atoms with Gasteiger partial charge in [-0.25, -0.2) is 0 Å². The average molecular weight is 410 g/mol. The van der Waals surface area contributed by atoms with Gasteiger partial charge in [0.2, 0.25) is 0 Å². The summed E-state index contributed by atoms with van der Waals surface area (Å²) >= 11 is -2.49. The van der Waals surface area contributed by atoms with Crippen LogP contribution in [0.25, 0.3) is 0 Å². The molecule has 0 radical (unpaired) electrons. The molecule has 0 aromatic heterocycles. The van der Waals surface area contributed by atoms with E-state index in [4.69, 9.17) is 0 Å². The van der Waals surface area contributed by atoms with Crippen molar-refractivity contribution in [2.24, 2.45) is 17.8 Å². The fourth-order valence-electron chi connectivity index (χ4n) is 5.53. The van der Waals surface area contributed by atoms with E-state index in [9.17, 15) is 0 Å². The standard InChI is InChI=1S/3C8H11.Y/c3*1-7(2)8-5-3-4-6-8;/h3*3-7H,1-2H3;. The molecule has 132 valence electrons. The second-order valence-corrected chi connectivity index (χ2v) is 18.6. The summed E-state index contributed by atoms with van der Waals surface area (Å²) in [5.41, 5.74) is 0. The molecule has 0 N–H and O–H groups in total. The molecule has 3 aliphatic rings. The summed E-state index contributed by atoms with van der Waals surface area (Å²) in [6, 6.07) is 0. The topological polar surface area (TPSA) is 0 Å². The Hall–Kier alpha value is -0.456. The molecule has 25 heavy (non-hydrogen) atoms. The van der Waals surface area contributed by atoms with Crippen LogP contribution < -0.4 is 0 Å². The van der Waals surface area contributed by atoms with Gasteiger partial charge in [-0.1, -0.05) is 0 Å². The first kappa shape index (κ1) is 19.3. The summed E-state index contributed by atoms with van der Waals surface area (Å²) in [4.78, 5) is 0. The van der Waals surface area contributed by atoms with E-state index in [-0.39, 0.29) is 6.68 Å². The molecule has 0 bridgehead atoms. The van der Waals surface area contributed by atoms with Gasteiger partial charge in [-0.3, -0.25) is 0 Å². The van der Waals surface area contributed by atoms with Crippen LogP contribution in [-0.4, -0.2) is 0 Å². The SMILES string of the molecule is CC(C)[C]1([Y]([C]2(C(C)C)C=CC=C2)[C]2(C(C)C)C=CC=C2)C=CC=C1. The molecule has 0 unspecified atom stereocenters. The molecule has 0 saturated heterocycles. The normalized spacial score (nSPS) is 23.9. The van der Waals surface area contributed by atoms with E-state index in [0.717, 1.165) is 0 Å². The zero-order valence-electron chi connectivity index (χ0n) is 16.7. The summed E-state index contributed by atoms with van der Waals surface area (Å²) in [7, 11) is 0. The number of rotatable bonds is 6. The number of hydrogen-bond acceptors (Lipinski definition) is 0. The predicted octanol–water partition coefficient (Wildman–Crippen LogP) is 7.43. The maximum absolute atomic E-state index is 2.58. The Bertz CT molecular complexity index is 548. The van der Waals surface area contributed by atoms with E-state index in [2.05, 4.69) is 114 Å². The molecular weight excluding hydrogens is 377 g/mol. The fourth-order valence-corrected chi connectivity index (χ4v) is 21.3. The molecule has 3 aliphatic carbocycles. The van der Waals surface area contributed by atoms with Gasteiger partial charge in [0.1, 0.15) is 0 Å². The van der Waals surface area contributed by atoms with Crippen LogP contribution >= 0.6 is 0 Å². The molecule has 0 fully saturated rings. The van der Waals surface area contributed by atoms with E-state index in [1.54, 1.807) is 0 Å². The van der Waals surface area contributed by atoms with E-state index < -0.39 is 27.4 Å². The van der Waals surface area contributed by atoms with Crippen LogP contribution in [0.4, 0.5) is 0 Å². The summed E-state index contributed by atoms with van der Waals surface area (Å²) in [5, 5.41) is 0. The van der Waals surface area contributed by atoms with Gasteiger partial charge >= 0.3 is 166 Å². The van der Waals surface area contributed by atoms with Crippen molar-refractivity contribution in [1.29, 1.82) is 0 Å². The van der Waals surface area contributed by atoms with Gasteiger partial charge in [0.05, 0.1) is 0 Å². The molecule has 0 aliphatic heterocycles. The summed E-state index contributed by atoms with van der Waals surface area (Å²) in [5.74, 6) is 1.91. The Labute approximate surface area is 165 Å². The third-order valence-electron chi connectivity index (χ3n) is 7.14. The quantitative estimate of drug-likeness (QED) is 0.427. The van der Waals surface area contributed by atoms with Crippen molar-refractivity contribution in [1.82, 2.24) is 0 Å². The molecule has 0 amide bonds. The van der Waals surface area contributed by atoms with Gasteiger partial charge in [-0.05, 0) is 0 Å². The molecule has 0 aromatic rings. The van der Waals surface area contributed by atoms with Crippen LogP contribution in [0.5, 0.6) is 0 Å². The second-order valence-electron chi connectivity index (χ2n) is 9.05. The zero-order chi connectivity index (χ0) is 18.3. The van der Waals surface area contributed by atoms with Crippen molar-refractivity contribution in [2.75, 3.05) is 0 Å². The van der Waals surface area contributed by atoms with Gasteiger partial charge in [-0.2, -0.15) is 0 Å². The molecule has 0 atom stereocenters. The Morgan fingerprint density at radius 2 is 0.640 bits per heavy atom. The van der Waals surface area contributed by atoms with Gasteiger partial charge in [0, 0.05) is 0 Å². The monoisotopic (exact) mass is 410 g/mol. The maximum atomic E-state index is 2.58. The molecule has 3 rings (SSSR count). The molecule has 0 spiro atoms. The van der Waals surface area contributed by atoms with Crippen LogP contribution in [0, 0.1) is 17.8 Å². The Morgan fingerprint density at radius 3 is 0.800 bits per heavy atom. The Balaban J connectivity index is 2.31. The first-order valence-corrected chi connectivity index (χ1v) is 14.2. The molecule has 0 saturated carbocycles. The molecular formula is C24H33Y. The third kappa shape index (κ3) is 2.79. The summed E-state index contributed by atoms with van der Waals surface area (Å²) in [6.07, 6.45) is 29.4. The van der Waals surface area contributed by atoms with Crippen molar-refractivity contribution in [3.05, 3.63) is 72.9 Å². The zero-order valence-corrected chi connectivity index (χ0v) is 19.6. The van der Waals surface area contributed by atoms with Crippen molar-refractivity contribution < 1.29 is 27.4 Å². The van der Waals surface area contributed by atoms with Crippen molar-refractivity contribution in [3.63, 3.8) is 0 Å². The summed E-state index contributed by atoms with van der Waals surface area (Å²) in [6.45, 7) is 14.6. The minimum atomic E-state index is -2.49. The van der Waals surface area contributed by atoms with Crippen molar-refractivity contribution in [2.45, 2.75) is 48.2 Å². The van der Waals surface area contributed by atoms with Crippen molar-refractivity contribution >= 4 is 0 Å². The second kappa shape index (κ2) is 6.93. The van der Waals surface area contributed by atoms with Gasteiger partial charge in [-0.15, -0.1) is 0 Å². The number of hydrogen-bond donors (Lipinski definition) is 0. The minimum absolute atomic E-state index is 0.272. The van der Waals surface area contributed by atoms with E-state index in [1.165, 1.54) is 0 Å². The first-order chi connectivity index (χ1) is 11.8. The van der Waals surface area contributed by atoms with Crippen LogP contribution in [0.3, 0.4) is 0 Å². The summed E-state index contributed by atoms with van der Waals surface area (Å²) < 4.78 is 0.816. The third-order valence-corrected chi connectivity index (χ3v) is 22.3. The van der Waals surface area contributed by atoms with Crippen LogP contribution in [0.1, 0.15) is 41.5 Å². The van der Waals surface area contributed by atoms with Crippen molar-refractivity contribution in [3.8, 4) is 0 Å². The van der Waals surface area contributed by atoms with E-state index >= 15 is 0 Å². The van der Waals surface area contributed by atoms with Crippen LogP contribution in [0.15, 0.2) is 72.9 Å². The molecule has 1 heteroatoms. The number of allylic oxidation sites excluding steroid dienone is 12. The van der Waals surface area contributed by atoms with Gasteiger partial charge in [0.25, 0.3) is 0 Å². The molecule has 0 heterocycles. The average Bonchev–Trinajstić information content (AvgIpc) is 3.30. The van der Waals surface area contributed by atoms with E-state index in [1.807, 2.05) is 0 Å². The molecule has 0 aromatic carbocycles. The fraction of sp³-hybridized carbons (Fsp3) is 0.500. The van der Waals surface area contributed by atoms with E-state index in [0.29, 0.717) is 17.8 Å². The Kier molecular flexibility index (Phi) is 5.35. The van der Waals surface area contributed by atoms with Gasteiger partial charge in [0.15, 0.2) is 0 Å². The first-order valence-electron chi connectivity index (χ1n) is 9.93.